The maximum absolute atomic E-state index is 12.1. The molecule has 7 nitrogen and oxygen atoms in total. The summed E-state index contributed by atoms with van der Waals surface area (Å²) in [5.41, 5.74) is 3.87. The summed E-state index contributed by atoms with van der Waals surface area (Å²) in [6.07, 6.45) is 6.37. The van der Waals surface area contributed by atoms with Crippen LogP contribution < -0.4 is 5.32 Å². The van der Waals surface area contributed by atoms with Crippen LogP contribution >= 0.6 is 11.3 Å². The number of hydrogen-bond donors (Lipinski definition) is 1. The molecule has 0 aliphatic heterocycles. The number of pyridine rings is 1. The van der Waals surface area contributed by atoms with Gasteiger partial charge in [-0.15, -0.1) is 11.3 Å². The van der Waals surface area contributed by atoms with Gasteiger partial charge in [-0.05, 0) is 31.2 Å². The number of nitrogens with zero attached hydrogens (tertiary/aromatic N) is 4. The Bertz CT molecular complexity index is 1130. The smallest absolute Gasteiger partial charge is 0.343 e. The Kier molecular flexibility index (Phi) is 5.53. The second-order valence-corrected chi connectivity index (χ2v) is 6.85. The molecule has 3 aromatic heterocycles. The van der Waals surface area contributed by atoms with Gasteiger partial charge >= 0.3 is 5.97 Å². The van der Waals surface area contributed by atoms with E-state index < -0.39 is 5.97 Å². The predicted molar refractivity (Wildman–Crippen MR) is 112 cm³/mol. The molecule has 0 radical (unpaired) electrons. The van der Waals surface area contributed by atoms with Crippen LogP contribution in [0.4, 0.5) is 11.5 Å². The first kappa shape index (κ1) is 18.7. The van der Waals surface area contributed by atoms with Crippen molar-refractivity contribution in [1.82, 2.24) is 19.9 Å². The maximum Gasteiger partial charge on any atom is 0.343 e. The third-order valence-electron chi connectivity index (χ3n) is 4.04. The molecule has 1 N–H and O–H groups in total. The molecule has 4 rings (SSSR count). The van der Waals surface area contributed by atoms with Gasteiger partial charge in [0.25, 0.3) is 0 Å². The first-order valence-corrected chi connectivity index (χ1v) is 9.83. The topological polar surface area (TPSA) is 89.9 Å². The van der Waals surface area contributed by atoms with Crippen molar-refractivity contribution < 1.29 is 9.53 Å². The molecule has 8 heteroatoms. The molecular formula is C21H17N5O2S. The van der Waals surface area contributed by atoms with Crippen molar-refractivity contribution in [3.05, 3.63) is 72.3 Å². The number of anilines is 2. The quantitative estimate of drug-likeness (QED) is 0.471. The van der Waals surface area contributed by atoms with Gasteiger partial charge < -0.3 is 10.1 Å². The van der Waals surface area contributed by atoms with Gasteiger partial charge in [-0.3, -0.25) is 4.98 Å². The second kappa shape index (κ2) is 8.57. The molecule has 0 saturated heterocycles. The molecule has 0 fully saturated rings. The lowest BCUT2D eigenvalue weighted by Gasteiger charge is -2.10. The molecule has 3 heterocycles. The Morgan fingerprint density at radius 1 is 1.14 bits per heavy atom. The van der Waals surface area contributed by atoms with E-state index in [1.807, 2.05) is 41.8 Å². The molecule has 0 aliphatic rings. The summed E-state index contributed by atoms with van der Waals surface area (Å²) < 4.78 is 5.07. The van der Waals surface area contributed by atoms with Crippen molar-refractivity contribution in [3.63, 3.8) is 0 Å². The molecule has 0 spiro atoms. The van der Waals surface area contributed by atoms with Crippen molar-refractivity contribution >= 4 is 28.8 Å². The normalized spacial score (nSPS) is 10.5. The zero-order valence-corrected chi connectivity index (χ0v) is 16.4. The van der Waals surface area contributed by atoms with Gasteiger partial charge in [-0.1, -0.05) is 12.1 Å². The van der Waals surface area contributed by atoms with E-state index >= 15 is 0 Å². The molecule has 0 bridgehead atoms. The minimum Gasteiger partial charge on any atom is -0.462 e. The number of carbonyl (C=O) groups is 1. The molecule has 0 amide bonds. The van der Waals surface area contributed by atoms with Gasteiger partial charge in [-0.25, -0.2) is 19.7 Å². The molecule has 0 atom stereocenters. The largest absolute Gasteiger partial charge is 0.462 e. The van der Waals surface area contributed by atoms with E-state index in [0.29, 0.717) is 5.82 Å². The van der Waals surface area contributed by atoms with Gasteiger partial charge in [0, 0.05) is 40.8 Å². The van der Waals surface area contributed by atoms with Crippen LogP contribution in [-0.2, 0) is 4.74 Å². The van der Waals surface area contributed by atoms with E-state index in [1.165, 1.54) is 12.5 Å². The number of nitrogens with one attached hydrogen (secondary N) is 1. The minimum absolute atomic E-state index is 0.283. The third-order valence-corrected chi connectivity index (χ3v) is 4.93. The average molecular weight is 403 g/mol. The van der Waals surface area contributed by atoms with Gasteiger partial charge in [-0.2, -0.15) is 0 Å². The fraction of sp³-hybridized carbons (Fsp3) is 0.0952. The fourth-order valence-electron chi connectivity index (χ4n) is 2.71. The van der Waals surface area contributed by atoms with Crippen LogP contribution in [-0.4, -0.2) is 32.5 Å². The third kappa shape index (κ3) is 4.27. The number of benzene rings is 1. The van der Waals surface area contributed by atoms with Crippen LogP contribution in [0.1, 0.15) is 17.3 Å². The maximum atomic E-state index is 12.1. The summed E-state index contributed by atoms with van der Waals surface area (Å²) in [5.74, 6) is -0.0719. The summed E-state index contributed by atoms with van der Waals surface area (Å²) in [5, 5.41) is 6.09. The molecule has 0 saturated carbocycles. The average Bonchev–Trinajstić information content (AvgIpc) is 3.26. The Morgan fingerprint density at radius 3 is 2.86 bits per heavy atom. The van der Waals surface area contributed by atoms with Crippen LogP contribution in [0, 0.1) is 0 Å². The van der Waals surface area contributed by atoms with Crippen LogP contribution in [0.5, 0.6) is 0 Å². The van der Waals surface area contributed by atoms with Gasteiger partial charge in [0.15, 0.2) is 0 Å². The van der Waals surface area contributed by atoms with Crippen molar-refractivity contribution in [2.24, 2.45) is 0 Å². The number of ether oxygens (including phenoxy) is 1. The summed E-state index contributed by atoms with van der Waals surface area (Å²) in [6.45, 7) is 2.04. The lowest BCUT2D eigenvalue weighted by molar-refractivity contribution is 0.0526. The number of hydrogen-bond acceptors (Lipinski definition) is 8. The first-order chi connectivity index (χ1) is 14.2. The summed E-state index contributed by atoms with van der Waals surface area (Å²) >= 11 is 1.57. The second-order valence-electron chi connectivity index (χ2n) is 5.99. The minimum atomic E-state index is -0.465. The van der Waals surface area contributed by atoms with Crippen LogP contribution in [0.15, 0.2) is 66.7 Å². The summed E-state index contributed by atoms with van der Waals surface area (Å²) in [6, 6.07) is 11.6. The molecule has 0 unspecified atom stereocenters. The van der Waals surface area contributed by atoms with E-state index in [-0.39, 0.29) is 12.2 Å². The number of esters is 1. The highest BCUT2D eigenvalue weighted by Crippen LogP contribution is 2.30. The van der Waals surface area contributed by atoms with Gasteiger partial charge in [0.05, 0.1) is 12.3 Å². The molecule has 29 heavy (non-hydrogen) atoms. The number of thiazole rings is 1. The van der Waals surface area contributed by atoms with Crippen molar-refractivity contribution in [1.29, 1.82) is 0 Å². The number of rotatable bonds is 6. The van der Waals surface area contributed by atoms with E-state index in [2.05, 4.69) is 20.3 Å². The van der Waals surface area contributed by atoms with E-state index in [0.717, 1.165) is 27.5 Å². The zero-order chi connectivity index (χ0) is 20.1. The number of aromatic nitrogens is 4. The Labute approximate surface area is 171 Å². The highest BCUT2D eigenvalue weighted by atomic mass is 32.1. The Hall–Kier alpha value is -3.65. The predicted octanol–water partition coefficient (Wildman–Crippen LogP) is 4.58. The SMILES string of the molecule is CCOC(=O)c1cncnc1Nc1cccc(-c2csc(-c3cccnc3)n2)c1. The Balaban J connectivity index is 1.60. The molecule has 4 aromatic rings. The summed E-state index contributed by atoms with van der Waals surface area (Å²) in [7, 11) is 0. The zero-order valence-electron chi connectivity index (χ0n) is 15.6. The highest BCUT2D eigenvalue weighted by Gasteiger charge is 2.15. The lowest BCUT2D eigenvalue weighted by atomic mass is 10.1. The molecular weight excluding hydrogens is 386 g/mol. The highest BCUT2D eigenvalue weighted by molar-refractivity contribution is 7.13. The van der Waals surface area contributed by atoms with Crippen molar-refractivity contribution in [3.8, 4) is 21.8 Å². The van der Waals surface area contributed by atoms with Crippen LogP contribution in [0.25, 0.3) is 21.8 Å². The standard InChI is InChI=1S/C21H17N5O2S/c1-2-28-21(27)17-11-23-13-24-19(17)25-16-7-3-5-14(9-16)18-12-29-20(26-18)15-6-4-8-22-10-15/h3-13H,2H2,1H3,(H,23,24,25). The lowest BCUT2D eigenvalue weighted by Crippen LogP contribution is -2.09. The van der Waals surface area contributed by atoms with Crippen molar-refractivity contribution in [2.45, 2.75) is 6.92 Å². The van der Waals surface area contributed by atoms with E-state index in [1.54, 1.807) is 30.7 Å². The fourth-order valence-corrected chi connectivity index (χ4v) is 3.53. The van der Waals surface area contributed by atoms with Crippen LogP contribution in [0.3, 0.4) is 0 Å². The molecule has 1 aromatic carbocycles. The van der Waals surface area contributed by atoms with Gasteiger partial charge in [0.1, 0.15) is 22.7 Å². The summed E-state index contributed by atoms with van der Waals surface area (Å²) in [4.78, 5) is 29.1. The first-order valence-electron chi connectivity index (χ1n) is 8.95. The van der Waals surface area contributed by atoms with Gasteiger partial charge in [0.2, 0.25) is 0 Å². The van der Waals surface area contributed by atoms with E-state index in [9.17, 15) is 4.79 Å². The number of carbonyl (C=O) groups excluding carboxylic acids is 1. The Morgan fingerprint density at radius 2 is 2.03 bits per heavy atom. The molecule has 0 aliphatic carbocycles. The molecule has 144 valence electrons. The van der Waals surface area contributed by atoms with E-state index in [4.69, 9.17) is 9.72 Å². The monoisotopic (exact) mass is 403 g/mol. The van der Waals surface area contributed by atoms with Crippen LogP contribution in [0.2, 0.25) is 0 Å². The van der Waals surface area contributed by atoms with Crippen molar-refractivity contribution in [2.75, 3.05) is 11.9 Å².